The summed E-state index contributed by atoms with van der Waals surface area (Å²) in [5.74, 6) is -0.227. The SMILES string of the molecule is CCN(CC(F)(F)F)c1ccc(C)cc1C(=N)N. The molecule has 0 aromatic heterocycles. The summed E-state index contributed by atoms with van der Waals surface area (Å²) in [6, 6.07) is 4.90. The first-order valence-electron chi connectivity index (χ1n) is 5.51. The molecule has 0 aliphatic heterocycles. The first kappa shape index (κ1) is 14.3. The van der Waals surface area contributed by atoms with Crippen LogP contribution in [0.15, 0.2) is 18.2 Å². The van der Waals surface area contributed by atoms with Gasteiger partial charge in [-0.15, -0.1) is 0 Å². The van der Waals surface area contributed by atoms with Crippen molar-refractivity contribution in [3.8, 4) is 0 Å². The zero-order chi connectivity index (χ0) is 13.9. The van der Waals surface area contributed by atoms with Gasteiger partial charge < -0.3 is 10.6 Å². The van der Waals surface area contributed by atoms with Crippen LogP contribution in [0.2, 0.25) is 0 Å². The van der Waals surface area contributed by atoms with Crippen LogP contribution in [0.4, 0.5) is 18.9 Å². The molecule has 0 radical (unpaired) electrons. The molecule has 18 heavy (non-hydrogen) atoms. The Morgan fingerprint density at radius 2 is 2.00 bits per heavy atom. The van der Waals surface area contributed by atoms with Crippen molar-refractivity contribution >= 4 is 11.5 Å². The van der Waals surface area contributed by atoms with Crippen LogP contribution < -0.4 is 10.6 Å². The largest absolute Gasteiger partial charge is 0.405 e. The molecule has 0 bridgehead atoms. The minimum atomic E-state index is -4.28. The highest BCUT2D eigenvalue weighted by Gasteiger charge is 2.31. The predicted molar refractivity (Wildman–Crippen MR) is 66.1 cm³/mol. The Balaban J connectivity index is 3.17. The molecule has 0 fully saturated rings. The number of hydrogen-bond donors (Lipinski definition) is 2. The van der Waals surface area contributed by atoms with Gasteiger partial charge in [-0.3, -0.25) is 5.41 Å². The van der Waals surface area contributed by atoms with Crippen molar-refractivity contribution < 1.29 is 13.2 Å². The van der Waals surface area contributed by atoms with Crippen molar-refractivity contribution in [2.24, 2.45) is 5.73 Å². The Morgan fingerprint density at radius 1 is 1.39 bits per heavy atom. The van der Waals surface area contributed by atoms with Crippen LogP contribution in [-0.4, -0.2) is 25.1 Å². The van der Waals surface area contributed by atoms with Gasteiger partial charge in [-0.05, 0) is 26.0 Å². The van der Waals surface area contributed by atoms with Crippen molar-refractivity contribution in [2.45, 2.75) is 20.0 Å². The number of nitrogens with one attached hydrogen (secondary N) is 1. The summed E-state index contributed by atoms with van der Waals surface area (Å²) in [6.07, 6.45) is -4.28. The van der Waals surface area contributed by atoms with E-state index in [1.165, 1.54) is 0 Å². The first-order chi connectivity index (χ1) is 8.24. The van der Waals surface area contributed by atoms with Crippen LogP contribution >= 0.6 is 0 Å². The normalized spacial score (nSPS) is 11.4. The fourth-order valence-corrected chi connectivity index (χ4v) is 1.73. The maximum Gasteiger partial charge on any atom is 0.405 e. The summed E-state index contributed by atoms with van der Waals surface area (Å²) in [4.78, 5) is 1.16. The smallest absolute Gasteiger partial charge is 0.384 e. The quantitative estimate of drug-likeness (QED) is 0.645. The van der Waals surface area contributed by atoms with E-state index in [-0.39, 0.29) is 12.4 Å². The van der Waals surface area contributed by atoms with Crippen molar-refractivity contribution in [3.63, 3.8) is 0 Å². The lowest BCUT2D eigenvalue weighted by atomic mass is 10.1. The van der Waals surface area contributed by atoms with Gasteiger partial charge in [-0.25, -0.2) is 0 Å². The number of nitrogens with zero attached hydrogens (tertiary/aromatic N) is 1. The number of nitrogen functional groups attached to an aromatic ring is 1. The lowest BCUT2D eigenvalue weighted by Crippen LogP contribution is -2.35. The Labute approximate surface area is 104 Å². The minimum Gasteiger partial charge on any atom is -0.384 e. The van der Waals surface area contributed by atoms with E-state index in [4.69, 9.17) is 11.1 Å². The van der Waals surface area contributed by atoms with Gasteiger partial charge in [0.1, 0.15) is 12.4 Å². The molecule has 0 aliphatic rings. The molecule has 0 spiro atoms. The summed E-state index contributed by atoms with van der Waals surface area (Å²) in [6.45, 7) is 2.58. The lowest BCUT2D eigenvalue weighted by Gasteiger charge is -2.26. The third-order valence-electron chi connectivity index (χ3n) is 2.53. The van der Waals surface area contributed by atoms with Crippen LogP contribution in [-0.2, 0) is 0 Å². The third-order valence-corrected chi connectivity index (χ3v) is 2.53. The maximum atomic E-state index is 12.5. The van der Waals surface area contributed by atoms with Crippen molar-refractivity contribution in [2.75, 3.05) is 18.0 Å². The molecule has 0 unspecified atom stereocenters. The average Bonchev–Trinajstić information content (AvgIpc) is 2.24. The average molecular weight is 259 g/mol. The van der Waals surface area contributed by atoms with Crippen LogP contribution in [0.5, 0.6) is 0 Å². The molecule has 1 aromatic rings. The molecular formula is C12H16F3N3. The monoisotopic (exact) mass is 259 g/mol. The number of benzene rings is 1. The summed E-state index contributed by atoms with van der Waals surface area (Å²) in [5, 5.41) is 7.44. The summed E-state index contributed by atoms with van der Waals surface area (Å²) >= 11 is 0. The lowest BCUT2D eigenvalue weighted by molar-refractivity contribution is -0.119. The molecule has 100 valence electrons. The van der Waals surface area contributed by atoms with E-state index in [9.17, 15) is 13.2 Å². The number of amidine groups is 1. The summed E-state index contributed by atoms with van der Waals surface area (Å²) < 4.78 is 37.4. The zero-order valence-corrected chi connectivity index (χ0v) is 10.3. The van der Waals surface area contributed by atoms with Gasteiger partial charge in [0.05, 0.1) is 0 Å². The van der Waals surface area contributed by atoms with E-state index < -0.39 is 12.7 Å². The van der Waals surface area contributed by atoms with Crippen LogP contribution in [0.1, 0.15) is 18.1 Å². The van der Waals surface area contributed by atoms with Crippen molar-refractivity contribution in [1.29, 1.82) is 5.41 Å². The standard InChI is InChI=1S/C12H16F3N3/c1-3-18(7-12(13,14)15)10-5-4-8(2)6-9(10)11(16)17/h4-6H,3,7H2,1-2H3,(H3,16,17). The Hall–Kier alpha value is -1.72. The molecule has 0 amide bonds. The molecule has 0 heterocycles. The molecule has 1 rings (SSSR count). The van der Waals surface area contributed by atoms with E-state index in [2.05, 4.69) is 0 Å². The molecular weight excluding hydrogens is 243 g/mol. The molecule has 3 N–H and O–H groups in total. The molecule has 0 saturated heterocycles. The maximum absolute atomic E-state index is 12.5. The Kier molecular flexibility index (Phi) is 4.21. The molecule has 0 saturated carbocycles. The van der Waals surface area contributed by atoms with E-state index >= 15 is 0 Å². The first-order valence-corrected chi connectivity index (χ1v) is 5.51. The zero-order valence-electron chi connectivity index (χ0n) is 10.3. The molecule has 1 aromatic carbocycles. The van der Waals surface area contributed by atoms with Gasteiger partial charge in [0.2, 0.25) is 0 Å². The van der Waals surface area contributed by atoms with Crippen molar-refractivity contribution in [3.05, 3.63) is 29.3 Å². The minimum absolute atomic E-state index is 0.197. The van der Waals surface area contributed by atoms with Crippen LogP contribution in [0.3, 0.4) is 0 Å². The molecule has 0 atom stereocenters. The topological polar surface area (TPSA) is 53.1 Å². The number of anilines is 1. The summed E-state index contributed by atoms with van der Waals surface area (Å²) in [5.41, 5.74) is 6.94. The Bertz CT molecular complexity index is 441. The highest BCUT2D eigenvalue weighted by molar-refractivity contribution is 6.00. The molecule has 6 heteroatoms. The second-order valence-electron chi connectivity index (χ2n) is 4.06. The fraction of sp³-hybridized carbons (Fsp3) is 0.417. The number of alkyl halides is 3. The van der Waals surface area contributed by atoms with Gasteiger partial charge in [0, 0.05) is 17.8 Å². The highest BCUT2D eigenvalue weighted by Crippen LogP contribution is 2.25. The summed E-state index contributed by atoms with van der Waals surface area (Å²) in [7, 11) is 0. The highest BCUT2D eigenvalue weighted by atomic mass is 19.4. The van der Waals surface area contributed by atoms with Gasteiger partial charge in [-0.1, -0.05) is 11.6 Å². The van der Waals surface area contributed by atoms with Gasteiger partial charge in [-0.2, -0.15) is 13.2 Å². The number of nitrogens with two attached hydrogens (primary N) is 1. The molecule has 0 aliphatic carbocycles. The fourth-order valence-electron chi connectivity index (χ4n) is 1.73. The van der Waals surface area contributed by atoms with Crippen molar-refractivity contribution in [1.82, 2.24) is 0 Å². The molecule has 3 nitrogen and oxygen atoms in total. The van der Waals surface area contributed by atoms with Gasteiger partial charge in [0.25, 0.3) is 0 Å². The predicted octanol–water partition coefficient (Wildman–Crippen LogP) is 2.67. The van der Waals surface area contributed by atoms with E-state index in [0.717, 1.165) is 10.5 Å². The number of halogens is 3. The second kappa shape index (κ2) is 5.29. The third kappa shape index (κ3) is 3.65. The number of aryl methyl sites for hydroxylation is 1. The Morgan fingerprint density at radius 3 is 2.44 bits per heavy atom. The van der Waals surface area contributed by atoms with Crippen LogP contribution in [0, 0.1) is 12.3 Å². The number of rotatable bonds is 4. The van der Waals surface area contributed by atoms with E-state index in [1.807, 2.05) is 0 Å². The van der Waals surface area contributed by atoms with Crippen LogP contribution in [0.25, 0.3) is 0 Å². The van der Waals surface area contributed by atoms with E-state index in [1.54, 1.807) is 32.0 Å². The van der Waals surface area contributed by atoms with E-state index in [0.29, 0.717) is 11.3 Å². The second-order valence-corrected chi connectivity index (χ2v) is 4.06. The van der Waals surface area contributed by atoms with Gasteiger partial charge in [0.15, 0.2) is 0 Å². The van der Waals surface area contributed by atoms with Gasteiger partial charge >= 0.3 is 6.18 Å². The number of hydrogen-bond acceptors (Lipinski definition) is 2.